The van der Waals surface area contributed by atoms with Crippen LogP contribution >= 0.6 is 0 Å². The van der Waals surface area contributed by atoms with E-state index < -0.39 is 27.8 Å². The zero-order chi connectivity index (χ0) is 23.6. The highest BCUT2D eigenvalue weighted by molar-refractivity contribution is 7.89. The first-order valence-corrected chi connectivity index (χ1v) is 12.6. The Morgan fingerprint density at radius 2 is 1.58 bits per heavy atom. The Kier molecular flexibility index (Phi) is 6.79. The van der Waals surface area contributed by atoms with Crippen LogP contribution in [0.3, 0.4) is 0 Å². The van der Waals surface area contributed by atoms with Crippen molar-refractivity contribution >= 4 is 20.8 Å². The zero-order valence-electron chi connectivity index (χ0n) is 18.3. The molecule has 176 valence electrons. The Morgan fingerprint density at radius 3 is 2.33 bits per heavy atom. The van der Waals surface area contributed by atoms with Crippen LogP contribution in [-0.2, 0) is 16.2 Å². The van der Waals surface area contributed by atoms with E-state index >= 15 is 0 Å². The summed E-state index contributed by atoms with van der Waals surface area (Å²) in [7, 11) is -4.10. The summed E-state index contributed by atoms with van der Waals surface area (Å²) in [5, 5.41) is 5.85. The van der Waals surface area contributed by atoms with E-state index in [-0.39, 0.29) is 17.0 Å². The van der Waals surface area contributed by atoms with E-state index in [1.54, 1.807) is 0 Å². The fraction of sp³-hybridized carbons (Fsp3) is 0.360. The first kappa shape index (κ1) is 23.7. The molecule has 4 nitrogen and oxygen atoms in total. The minimum atomic E-state index is -4.60. The van der Waals surface area contributed by atoms with Crippen LogP contribution in [0.4, 0.5) is 13.2 Å². The van der Waals surface area contributed by atoms with Crippen molar-refractivity contribution in [2.45, 2.75) is 61.8 Å². The second kappa shape index (κ2) is 9.44. The molecule has 1 unspecified atom stereocenters. The lowest BCUT2D eigenvalue weighted by molar-refractivity contribution is -0.137. The molecule has 4 rings (SSSR count). The number of halogens is 3. The molecule has 1 aliphatic rings. The van der Waals surface area contributed by atoms with E-state index in [0.29, 0.717) is 12.5 Å². The Bertz CT molecular complexity index is 1220. The highest BCUT2D eigenvalue weighted by atomic mass is 32.2. The van der Waals surface area contributed by atoms with Crippen LogP contribution < -0.4 is 10.0 Å². The number of fused-ring (bicyclic) bond motifs is 1. The highest BCUT2D eigenvalue weighted by Gasteiger charge is 2.34. The number of nitrogens with one attached hydrogen (secondary N) is 2. The van der Waals surface area contributed by atoms with Crippen molar-refractivity contribution in [3.05, 3.63) is 77.9 Å². The molecule has 1 fully saturated rings. The Labute approximate surface area is 192 Å². The topological polar surface area (TPSA) is 58.2 Å². The number of hydrogen-bond donors (Lipinski definition) is 2. The van der Waals surface area contributed by atoms with Crippen LogP contribution in [0, 0.1) is 0 Å². The van der Waals surface area contributed by atoms with Gasteiger partial charge in [-0.15, -0.1) is 0 Å². The normalized spacial score (nSPS) is 20.6. The molecule has 0 aromatic heterocycles. The standard InChI is InChI=1S/C25H27F3N2O2S/c1-17(21-13-6-9-18-8-2-3-12-22(18)21)29-23-14-4-5-15-24(23)30-33(31,32)20-11-7-10-19(16-20)25(26,27)28/h2-3,6-13,16-17,23-24,29-30H,4-5,14-15H2,1H3/t17?,23-,24-/m1/s1. The molecule has 33 heavy (non-hydrogen) atoms. The van der Waals surface area contributed by atoms with E-state index in [2.05, 4.69) is 41.2 Å². The van der Waals surface area contributed by atoms with Gasteiger partial charge in [0.05, 0.1) is 10.5 Å². The molecular formula is C25H27F3N2O2S. The second-order valence-electron chi connectivity index (χ2n) is 8.60. The Morgan fingerprint density at radius 1 is 0.909 bits per heavy atom. The minimum absolute atomic E-state index is 0.0280. The number of hydrogen-bond acceptors (Lipinski definition) is 3. The van der Waals surface area contributed by atoms with Crippen molar-refractivity contribution in [2.75, 3.05) is 0 Å². The van der Waals surface area contributed by atoms with Gasteiger partial charge in [-0.1, -0.05) is 61.4 Å². The van der Waals surface area contributed by atoms with Gasteiger partial charge >= 0.3 is 6.18 Å². The summed E-state index contributed by atoms with van der Waals surface area (Å²) < 4.78 is 67.8. The number of sulfonamides is 1. The van der Waals surface area contributed by atoms with E-state index in [4.69, 9.17) is 0 Å². The average molecular weight is 477 g/mol. The van der Waals surface area contributed by atoms with Gasteiger partial charge in [0.15, 0.2) is 0 Å². The SMILES string of the molecule is CC(N[C@@H]1CCCC[C@H]1NS(=O)(=O)c1cccc(C(F)(F)F)c1)c1cccc2ccccc12. The lowest BCUT2D eigenvalue weighted by Gasteiger charge is -2.35. The molecule has 1 saturated carbocycles. The first-order chi connectivity index (χ1) is 15.6. The molecule has 0 heterocycles. The summed E-state index contributed by atoms with van der Waals surface area (Å²) in [6.45, 7) is 2.05. The molecule has 2 N–H and O–H groups in total. The summed E-state index contributed by atoms with van der Waals surface area (Å²) in [6.07, 6.45) is -1.38. The molecule has 3 atom stereocenters. The van der Waals surface area contributed by atoms with Gasteiger partial charge < -0.3 is 5.32 Å². The molecule has 0 saturated heterocycles. The van der Waals surface area contributed by atoms with Gasteiger partial charge in [0, 0.05) is 18.1 Å². The summed E-state index contributed by atoms with van der Waals surface area (Å²) in [4.78, 5) is -0.372. The maximum atomic E-state index is 13.1. The van der Waals surface area contributed by atoms with E-state index in [0.717, 1.165) is 47.7 Å². The lowest BCUT2D eigenvalue weighted by Crippen LogP contribution is -2.52. The molecule has 3 aromatic carbocycles. The Hall–Kier alpha value is -2.42. The predicted octanol–water partition coefficient (Wildman–Crippen LogP) is 5.80. The van der Waals surface area contributed by atoms with Crippen molar-refractivity contribution in [1.29, 1.82) is 0 Å². The van der Waals surface area contributed by atoms with Crippen molar-refractivity contribution in [1.82, 2.24) is 10.0 Å². The number of benzene rings is 3. The van der Waals surface area contributed by atoms with Crippen molar-refractivity contribution in [3.8, 4) is 0 Å². The minimum Gasteiger partial charge on any atom is -0.306 e. The van der Waals surface area contributed by atoms with Gasteiger partial charge in [0.25, 0.3) is 0 Å². The predicted molar refractivity (Wildman–Crippen MR) is 123 cm³/mol. The molecule has 1 aliphatic carbocycles. The van der Waals surface area contributed by atoms with Gasteiger partial charge in [-0.2, -0.15) is 13.2 Å². The Balaban J connectivity index is 1.54. The van der Waals surface area contributed by atoms with Crippen LogP contribution in [0.15, 0.2) is 71.6 Å². The fourth-order valence-corrected chi connectivity index (χ4v) is 5.97. The van der Waals surface area contributed by atoms with E-state index in [1.165, 1.54) is 6.07 Å². The molecule has 0 radical (unpaired) electrons. The van der Waals surface area contributed by atoms with E-state index in [9.17, 15) is 21.6 Å². The second-order valence-corrected chi connectivity index (χ2v) is 10.3. The van der Waals surface area contributed by atoms with Crippen LogP contribution in [0.2, 0.25) is 0 Å². The summed E-state index contributed by atoms with van der Waals surface area (Å²) in [5.41, 5.74) is 0.145. The number of rotatable bonds is 6. The van der Waals surface area contributed by atoms with Crippen molar-refractivity contribution in [2.24, 2.45) is 0 Å². The maximum absolute atomic E-state index is 13.1. The highest BCUT2D eigenvalue weighted by Crippen LogP contribution is 2.31. The summed E-state index contributed by atoms with van der Waals surface area (Å²) in [5.74, 6) is 0. The van der Waals surface area contributed by atoms with Crippen molar-refractivity contribution < 1.29 is 21.6 Å². The number of alkyl halides is 3. The third-order valence-corrected chi connectivity index (χ3v) is 7.79. The maximum Gasteiger partial charge on any atom is 0.416 e. The molecular weight excluding hydrogens is 449 g/mol. The molecule has 0 bridgehead atoms. The van der Waals surface area contributed by atoms with Gasteiger partial charge in [0.1, 0.15) is 0 Å². The first-order valence-electron chi connectivity index (χ1n) is 11.1. The summed E-state index contributed by atoms with van der Waals surface area (Å²) >= 11 is 0. The quantitative estimate of drug-likeness (QED) is 0.473. The average Bonchev–Trinajstić information content (AvgIpc) is 2.79. The smallest absolute Gasteiger partial charge is 0.306 e. The van der Waals surface area contributed by atoms with Crippen LogP contribution in [-0.4, -0.2) is 20.5 Å². The third kappa shape index (κ3) is 5.39. The molecule has 8 heteroatoms. The third-order valence-electron chi connectivity index (χ3n) is 6.30. The van der Waals surface area contributed by atoms with Crippen molar-refractivity contribution in [3.63, 3.8) is 0 Å². The molecule has 0 amide bonds. The van der Waals surface area contributed by atoms with Gasteiger partial charge in [-0.25, -0.2) is 13.1 Å². The molecule has 0 spiro atoms. The summed E-state index contributed by atoms with van der Waals surface area (Å²) in [6, 6.07) is 17.5. The van der Waals surface area contributed by atoms with Gasteiger partial charge in [-0.3, -0.25) is 0 Å². The van der Waals surface area contributed by atoms with Gasteiger partial charge in [0.2, 0.25) is 10.0 Å². The monoisotopic (exact) mass is 476 g/mol. The van der Waals surface area contributed by atoms with Crippen LogP contribution in [0.5, 0.6) is 0 Å². The lowest BCUT2D eigenvalue weighted by atomic mass is 9.89. The molecule has 0 aliphatic heterocycles. The van der Waals surface area contributed by atoms with Gasteiger partial charge in [-0.05, 0) is 54.3 Å². The fourth-order valence-electron chi connectivity index (χ4n) is 4.62. The zero-order valence-corrected chi connectivity index (χ0v) is 19.1. The largest absolute Gasteiger partial charge is 0.416 e. The van der Waals surface area contributed by atoms with E-state index in [1.807, 2.05) is 18.2 Å². The van der Waals surface area contributed by atoms with Crippen LogP contribution in [0.25, 0.3) is 10.8 Å². The molecule has 3 aromatic rings. The van der Waals surface area contributed by atoms with Crippen LogP contribution in [0.1, 0.15) is 49.8 Å².